The third-order valence-electron chi connectivity index (χ3n) is 3.30. The topological polar surface area (TPSA) is 31.4 Å². The number of fused-ring (bicyclic) bond motifs is 1. The highest BCUT2D eigenvalue weighted by atomic mass is 32.1. The van der Waals surface area contributed by atoms with Crippen molar-refractivity contribution in [2.45, 2.75) is 26.7 Å². The Morgan fingerprint density at radius 1 is 1.06 bits per heavy atom. The molecule has 18 heavy (non-hydrogen) atoms. The smallest absolute Gasteiger partial charge is 0.162 e. The van der Waals surface area contributed by atoms with E-state index in [9.17, 15) is 0 Å². The van der Waals surface area contributed by atoms with E-state index in [1.54, 1.807) is 25.6 Å². The number of thiazole rings is 1. The molecule has 0 aliphatic carbocycles. The van der Waals surface area contributed by atoms with Gasteiger partial charge in [0.2, 0.25) is 0 Å². The molecule has 0 bridgehead atoms. The largest absolute Gasteiger partial charge is 0.493 e. The van der Waals surface area contributed by atoms with Gasteiger partial charge < -0.3 is 9.47 Å². The minimum atomic E-state index is 0.472. The Kier molecular flexibility index (Phi) is 3.76. The van der Waals surface area contributed by atoms with E-state index in [2.05, 4.69) is 20.8 Å². The van der Waals surface area contributed by atoms with Gasteiger partial charge in [0.15, 0.2) is 11.5 Å². The molecule has 0 saturated carbocycles. The van der Waals surface area contributed by atoms with Crippen LogP contribution in [-0.4, -0.2) is 19.2 Å². The summed E-state index contributed by atoms with van der Waals surface area (Å²) in [6, 6.07) is 3.95. The number of benzene rings is 1. The predicted molar refractivity (Wildman–Crippen MR) is 76.0 cm³/mol. The molecule has 0 aliphatic rings. The number of aromatic nitrogens is 1. The van der Waals surface area contributed by atoms with Crippen LogP contribution >= 0.6 is 11.3 Å². The Balaban J connectivity index is 2.51. The lowest BCUT2D eigenvalue weighted by molar-refractivity contribution is 0.356. The molecule has 0 N–H and O–H groups in total. The fourth-order valence-corrected chi connectivity index (χ4v) is 2.96. The van der Waals surface area contributed by atoms with Crippen molar-refractivity contribution < 1.29 is 9.47 Å². The van der Waals surface area contributed by atoms with Gasteiger partial charge in [-0.05, 0) is 5.92 Å². The van der Waals surface area contributed by atoms with Gasteiger partial charge in [-0.2, -0.15) is 0 Å². The van der Waals surface area contributed by atoms with E-state index in [0.29, 0.717) is 11.8 Å². The Bertz CT molecular complexity index is 507. The lowest BCUT2D eigenvalue weighted by Gasteiger charge is -2.11. The van der Waals surface area contributed by atoms with Crippen molar-refractivity contribution in [3.8, 4) is 11.5 Å². The van der Waals surface area contributed by atoms with Gasteiger partial charge in [-0.25, -0.2) is 4.98 Å². The van der Waals surface area contributed by atoms with Crippen molar-refractivity contribution in [3.05, 3.63) is 17.1 Å². The highest BCUT2D eigenvalue weighted by molar-refractivity contribution is 7.18. The van der Waals surface area contributed by atoms with E-state index < -0.39 is 0 Å². The molecule has 2 aromatic rings. The monoisotopic (exact) mass is 265 g/mol. The zero-order valence-corrected chi connectivity index (χ0v) is 12.3. The molecule has 0 amide bonds. The fraction of sp³-hybridized carbons (Fsp3) is 0.500. The summed E-state index contributed by atoms with van der Waals surface area (Å²) >= 11 is 1.74. The summed E-state index contributed by atoms with van der Waals surface area (Å²) in [5, 5.41) is 1.18. The fourth-order valence-electron chi connectivity index (χ4n) is 1.75. The normalized spacial score (nSPS) is 13.0. The van der Waals surface area contributed by atoms with Crippen LogP contribution < -0.4 is 9.47 Å². The maximum atomic E-state index is 5.32. The van der Waals surface area contributed by atoms with Crippen LogP contribution in [-0.2, 0) is 0 Å². The summed E-state index contributed by atoms with van der Waals surface area (Å²) in [4.78, 5) is 4.70. The van der Waals surface area contributed by atoms with Crippen molar-refractivity contribution >= 4 is 21.6 Å². The van der Waals surface area contributed by atoms with Crippen molar-refractivity contribution in [1.82, 2.24) is 4.98 Å². The van der Waals surface area contributed by atoms with Crippen molar-refractivity contribution in [2.24, 2.45) is 5.92 Å². The molecule has 1 atom stereocenters. The summed E-state index contributed by atoms with van der Waals surface area (Å²) < 4.78 is 11.8. The Hall–Kier alpha value is -1.29. The van der Waals surface area contributed by atoms with Gasteiger partial charge in [-0.1, -0.05) is 20.8 Å². The Morgan fingerprint density at radius 3 is 2.22 bits per heavy atom. The van der Waals surface area contributed by atoms with E-state index in [1.165, 1.54) is 5.01 Å². The molecule has 2 rings (SSSR count). The first-order chi connectivity index (χ1) is 8.56. The zero-order valence-electron chi connectivity index (χ0n) is 11.5. The molecule has 0 saturated heterocycles. The molecule has 3 nitrogen and oxygen atoms in total. The van der Waals surface area contributed by atoms with Crippen LogP contribution in [0.5, 0.6) is 11.5 Å². The van der Waals surface area contributed by atoms with Crippen LogP contribution in [0, 0.1) is 5.92 Å². The molecular weight excluding hydrogens is 246 g/mol. The third kappa shape index (κ3) is 2.29. The average Bonchev–Trinajstić information content (AvgIpc) is 2.78. The minimum absolute atomic E-state index is 0.472. The highest BCUT2D eigenvalue weighted by Crippen LogP contribution is 2.37. The molecule has 4 heteroatoms. The number of methoxy groups -OCH3 is 2. The molecule has 0 spiro atoms. The molecule has 0 radical (unpaired) electrons. The lowest BCUT2D eigenvalue weighted by atomic mass is 9.99. The molecular formula is C14H19NO2S. The van der Waals surface area contributed by atoms with Crippen LogP contribution in [0.1, 0.15) is 31.7 Å². The molecule has 0 fully saturated rings. The number of hydrogen-bond acceptors (Lipinski definition) is 4. The maximum Gasteiger partial charge on any atom is 0.162 e. The van der Waals surface area contributed by atoms with E-state index >= 15 is 0 Å². The predicted octanol–water partition coefficient (Wildman–Crippen LogP) is 4.07. The second-order valence-electron chi connectivity index (χ2n) is 4.76. The highest BCUT2D eigenvalue weighted by Gasteiger charge is 2.16. The standard InChI is InChI=1S/C14H19NO2S/c1-8(2)9(3)14-15-10-6-11(16-4)12(17-5)7-13(10)18-14/h6-9H,1-5H3/t9-/m1/s1. The van der Waals surface area contributed by atoms with Crippen LogP contribution in [0.2, 0.25) is 0 Å². The van der Waals surface area contributed by atoms with Crippen LogP contribution in [0.25, 0.3) is 10.2 Å². The second-order valence-corrected chi connectivity index (χ2v) is 5.82. The maximum absolute atomic E-state index is 5.32. The van der Waals surface area contributed by atoms with Gasteiger partial charge in [0.25, 0.3) is 0 Å². The SMILES string of the molecule is COc1cc2nc([C@H](C)C(C)C)sc2cc1OC. The average molecular weight is 265 g/mol. The van der Waals surface area contributed by atoms with Gasteiger partial charge in [-0.15, -0.1) is 11.3 Å². The zero-order chi connectivity index (χ0) is 13.3. The summed E-state index contributed by atoms with van der Waals surface area (Å²) in [5.74, 6) is 2.56. The molecule has 1 heterocycles. The van der Waals surface area contributed by atoms with Crippen LogP contribution in [0.4, 0.5) is 0 Å². The lowest BCUT2D eigenvalue weighted by Crippen LogP contribution is -2.00. The van der Waals surface area contributed by atoms with E-state index in [-0.39, 0.29) is 0 Å². The van der Waals surface area contributed by atoms with Gasteiger partial charge in [0.1, 0.15) is 0 Å². The van der Waals surface area contributed by atoms with Crippen molar-refractivity contribution in [1.29, 1.82) is 0 Å². The molecule has 0 aliphatic heterocycles. The molecule has 0 unspecified atom stereocenters. The number of ether oxygens (including phenoxy) is 2. The van der Waals surface area contributed by atoms with Crippen molar-refractivity contribution in [3.63, 3.8) is 0 Å². The Morgan fingerprint density at radius 2 is 1.67 bits per heavy atom. The van der Waals surface area contributed by atoms with Crippen molar-refractivity contribution in [2.75, 3.05) is 14.2 Å². The quantitative estimate of drug-likeness (QED) is 0.835. The molecule has 1 aromatic heterocycles. The summed E-state index contributed by atoms with van der Waals surface area (Å²) in [5.41, 5.74) is 0.986. The first-order valence-electron chi connectivity index (χ1n) is 6.09. The Labute approximate surface area is 112 Å². The number of nitrogens with zero attached hydrogens (tertiary/aromatic N) is 1. The van der Waals surface area contributed by atoms with Gasteiger partial charge in [0.05, 0.1) is 29.4 Å². The van der Waals surface area contributed by atoms with E-state index in [4.69, 9.17) is 14.5 Å². The van der Waals surface area contributed by atoms with Gasteiger partial charge >= 0.3 is 0 Å². The summed E-state index contributed by atoms with van der Waals surface area (Å²) in [6.07, 6.45) is 0. The first-order valence-corrected chi connectivity index (χ1v) is 6.91. The van der Waals surface area contributed by atoms with Gasteiger partial charge in [0, 0.05) is 18.1 Å². The molecule has 98 valence electrons. The molecule has 1 aromatic carbocycles. The van der Waals surface area contributed by atoms with Gasteiger partial charge in [-0.3, -0.25) is 0 Å². The number of rotatable bonds is 4. The van der Waals surface area contributed by atoms with E-state index in [1.807, 2.05) is 12.1 Å². The second kappa shape index (κ2) is 5.14. The summed E-state index contributed by atoms with van der Waals surface area (Å²) in [7, 11) is 3.30. The van der Waals surface area contributed by atoms with E-state index in [0.717, 1.165) is 21.7 Å². The number of hydrogen-bond donors (Lipinski definition) is 0. The summed E-state index contributed by atoms with van der Waals surface area (Å²) in [6.45, 7) is 6.66. The first kappa shape index (κ1) is 13.1. The third-order valence-corrected chi connectivity index (χ3v) is 4.52. The van der Waals surface area contributed by atoms with Crippen LogP contribution in [0.15, 0.2) is 12.1 Å². The minimum Gasteiger partial charge on any atom is -0.493 e. The van der Waals surface area contributed by atoms with Crippen LogP contribution in [0.3, 0.4) is 0 Å².